The zero-order valence-corrected chi connectivity index (χ0v) is 12.9. The Kier molecular flexibility index (Phi) is 4.68. The van der Waals surface area contributed by atoms with Crippen LogP contribution in [0.15, 0.2) is 0 Å². The van der Waals surface area contributed by atoms with Crippen molar-refractivity contribution in [3.63, 3.8) is 0 Å². The van der Waals surface area contributed by atoms with Crippen molar-refractivity contribution >= 4 is 11.6 Å². The van der Waals surface area contributed by atoms with E-state index < -0.39 is 0 Å². The molecule has 5 nitrogen and oxygen atoms in total. The highest BCUT2D eigenvalue weighted by Gasteiger charge is 2.27. The number of nitrogens with zero attached hydrogens (tertiary/aromatic N) is 3. The Labute approximate surface area is 121 Å². The van der Waals surface area contributed by atoms with Crippen LogP contribution in [0.1, 0.15) is 61.6 Å². The molecular formula is C15H26N4O. The summed E-state index contributed by atoms with van der Waals surface area (Å²) < 4.78 is 1.63. The summed E-state index contributed by atoms with van der Waals surface area (Å²) >= 11 is 0. The molecule has 112 valence electrons. The first-order valence-corrected chi connectivity index (χ1v) is 7.64. The third kappa shape index (κ3) is 2.81. The number of amides is 1. The molecule has 1 heterocycles. The molecule has 20 heavy (non-hydrogen) atoms. The molecule has 0 bridgehead atoms. The number of hydrogen-bond donors (Lipinski definition) is 1. The van der Waals surface area contributed by atoms with E-state index in [-0.39, 0.29) is 5.91 Å². The van der Waals surface area contributed by atoms with Gasteiger partial charge in [0, 0.05) is 20.1 Å². The molecule has 1 aromatic heterocycles. The van der Waals surface area contributed by atoms with E-state index in [2.05, 4.69) is 5.10 Å². The van der Waals surface area contributed by atoms with Crippen LogP contribution in [0.4, 0.5) is 5.69 Å². The van der Waals surface area contributed by atoms with E-state index in [1.165, 1.54) is 25.7 Å². The number of nitrogen functional groups attached to an aromatic ring is 1. The lowest BCUT2D eigenvalue weighted by molar-refractivity contribution is 0.0707. The molecule has 2 rings (SSSR count). The van der Waals surface area contributed by atoms with Crippen molar-refractivity contribution in [1.29, 1.82) is 0 Å². The fraction of sp³-hybridized carbons (Fsp3) is 0.733. The number of hydrogen-bond acceptors (Lipinski definition) is 3. The molecular weight excluding hydrogens is 252 g/mol. The maximum absolute atomic E-state index is 12.7. The molecule has 5 heteroatoms. The summed E-state index contributed by atoms with van der Waals surface area (Å²) in [6, 6.07) is 0.337. The quantitative estimate of drug-likeness (QED) is 0.863. The van der Waals surface area contributed by atoms with Gasteiger partial charge in [0.15, 0.2) is 0 Å². The van der Waals surface area contributed by atoms with Gasteiger partial charge >= 0.3 is 0 Å². The highest BCUT2D eigenvalue weighted by molar-refractivity contribution is 5.98. The second-order valence-electron chi connectivity index (χ2n) is 5.75. The Bertz CT molecular complexity index is 472. The summed E-state index contributed by atoms with van der Waals surface area (Å²) in [6.45, 7) is 2.00. The normalized spacial score (nSPS) is 16.9. The van der Waals surface area contributed by atoms with Crippen LogP contribution in [0.5, 0.6) is 0 Å². The summed E-state index contributed by atoms with van der Waals surface area (Å²) in [5.41, 5.74) is 7.97. The van der Waals surface area contributed by atoms with Gasteiger partial charge in [-0.15, -0.1) is 0 Å². The number of anilines is 1. The predicted octanol–water partition coefficient (Wildman–Crippen LogP) is 2.36. The molecule has 0 unspecified atom stereocenters. The largest absolute Gasteiger partial charge is 0.395 e. The van der Waals surface area contributed by atoms with Crippen molar-refractivity contribution in [2.75, 3.05) is 12.8 Å². The Balaban J connectivity index is 2.19. The number of rotatable bonds is 3. The van der Waals surface area contributed by atoms with E-state index in [0.717, 1.165) is 25.0 Å². The minimum atomic E-state index is 0.00380. The summed E-state index contributed by atoms with van der Waals surface area (Å²) in [5.74, 6) is 0.00380. The highest BCUT2D eigenvalue weighted by Crippen LogP contribution is 2.24. The van der Waals surface area contributed by atoms with Crippen LogP contribution < -0.4 is 5.73 Å². The van der Waals surface area contributed by atoms with Crippen molar-refractivity contribution in [3.8, 4) is 0 Å². The third-order valence-corrected chi connectivity index (χ3v) is 4.39. The lowest BCUT2D eigenvalue weighted by atomic mass is 10.1. The first kappa shape index (κ1) is 14.9. The number of carbonyl (C=O) groups excluding carboxylic acids is 1. The van der Waals surface area contributed by atoms with Crippen LogP contribution in [-0.2, 0) is 13.5 Å². The second-order valence-corrected chi connectivity index (χ2v) is 5.75. The van der Waals surface area contributed by atoms with E-state index in [1.54, 1.807) is 11.7 Å². The van der Waals surface area contributed by atoms with Gasteiger partial charge in [-0.1, -0.05) is 32.6 Å². The zero-order valence-electron chi connectivity index (χ0n) is 12.9. The minimum absolute atomic E-state index is 0.00380. The highest BCUT2D eigenvalue weighted by atomic mass is 16.2. The molecule has 2 N–H and O–H groups in total. The minimum Gasteiger partial charge on any atom is -0.395 e. The molecule has 0 spiro atoms. The summed E-state index contributed by atoms with van der Waals surface area (Å²) in [5, 5.41) is 4.34. The lowest BCUT2D eigenvalue weighted by Gasteiger charge is -2.27. The average molecular weight is 278 g/mol. The standard InChI is InChI=1S/C15H26N4O/c1-4-12-13(16)14(19(3)17-12)15(20)18(2)11-9-7-5-6-8-10-11/h11H,4-10,16H2,1-3H3. The molecule has 0 atom stereocenters. The lowest BCUT2D eigenvalue weighted by Crippen LogP contribution is -2.38. The summed E-state index contributed by atoms with van der Waals surface area (Å²) in [7, 11) is 3.69. The summed E-state index contributed by atoms with van der Waals surface area (Å²) in [4.78, 5) is 14.6. The van der Waals surface area contributed by atoms with Crippen LogP contribution >= 0.6 is 0 Å². The van der Waals surface area contributed by atoms with Crippen molar-refractivity contribution in [3.05, 3.63) is 11.4 Å². The topological polar surface area (TPSA) is 64.2 Å². The monoisotopic (exact) mass is 278 g/mol. The Morgan fingerprint density at radius 3 is 2.45 bits per heavy atom. The molecule has 1 fully saturated rings. The van der Waals surface area contributed by atoms with Crippen molar-refractivity contribution in [2.45, 2.75) is 57.9 Å². The molecule has 1 amide bonds. The SMILES string of the molecule is CCc1nn(C)c(C(=O)N(C)C2CCCCCC2)c1N. The Hall–Kier alpha value is -1.52. The number of nitrogens with two attached hydrogens (primary N) is 1. The molecule has 0 saturated heterocycles. The fourth-order valence-corrected chi connectivity index (χ4v) is 3.09. The zero-order chi connectivity index (χ0) is 14.7. The van der Waals surface area contributed by atoms with E-state index in [0.29, 0.717) is 17.4 Å². The Morgan fingerprint density at radius 1 is 1.35 bits per heavy atom. The number of aromatic nitrogens is 2. The molecule has 1 aromatic rings. The van der Waals surface area contributed by atoms with Crippen molar-refractivity contribution in [1.82, 2.24) is 14.7 Å². The van der Waals surface area contributed by atoms with Gasteiger partial charge < -0.3 is 10.6 Å². The van der Waals surface area contributed by atoms with Crippen LogP contribution in [0.2, 0.25) is 0 Å². The Morgan fingerprint density at radius 2 is 1.95 bits per heavy atom. The molecule has 1 saturated carbocycles. The van der Waals surface area contributed by atoms with Gasteiger partial charge in [0.1, 0.15) is 5.69 Å². The summed E-state index contributed by atoms with van der Waals surface area (Å²) in [6.07, 6.45) is 7.94. The predicted molar refractivity (Wildman–Crippen MR) is 80.6 cm³/mol. The average Bonchev–Trinajstić information content (AvgIpc) is 2.64. The van der Waals surface area contributed by atoms with Crippen LogP contribution in [0, 0.1) is 0 Å². The van der Waals surface area contributed by atoms with Crippen molar-refractivity contribution in [2.24, 2.45) is 7.05 Å². The van der Waals surface area contributed by atoms with Gasteiger partial charge in [0.2, 0.25) is 0 Å². The fourth-order valence-electron chi connectivity index (χ4n) is 3.09. The molecule has 0 aromatic carbocycles. The van der Waals surface area contributed by atoms with E-state index >= 15 is 0 Å². The van der Waals surface area contributed by atoms with E-state index in [9.17, 15) is 4.79 Å². The second kappa shape index (κ2) is 6.29. The molecule has 0 radical (unpaired) electrons. The van der Waals surface area contributed by atoms with Gasteiger partial charge in [0.05, 0.1) is 11.4 Å². The molecule has 1 aliphatic rings. The maximum Gasteiger partial charge on any atom is 0.274 e. The molecule has 0 aliphatic heterocycles. The number of carbonyl (C=O) groups is 1. The van der Waals surface area contributed by atoms with Gasteiger partial charge in [-0.2, -0.15) is 5.10 Å². The van der Waals surface area contributed by atoms with E-state index in [4.69, 9.17) is 5.73 Å². The van der Waals surface area contributed by atoms with Gasteiger partial charge in [-0.25, -0.2) is 0 Å². The van der Waals surface area contributed by atoms with Crippen LogP contribution in [-0.4, -0.2) is 33.7 Å². The van der Waals surface area contributed by atoms with Gasteiger partial charge in [0.25, 0.3) is 5.91 Å². The smallest absolute Gasteiger partial charge is 0.274 e. The van der Waals surface area contributed by atoms with Crippen LogP contribution in [0.25, 0.3) is 0 Å². The van der Waals surface area contributed by atoms with Gasteiger partial charge in [-0.05, 0) is 19.3 Å². The van der Waals surface area contributed by atoms with Crippen LogP contribution in [0.3, 0.4) is 0 Å². The first-order valence-electron chi connectivity index (χ1n) is 7.64. The number of aryl methyl sites for hydroxylation is 2. The maximum atomic E-state index is 12.7. The van der Waals surface area contributed by atoms with Crippen molar-refractivity contribution < 1.29 is 4.79 Å². The molecule has 1 aliphatic carbocycles. The van der Waals surface area contributed by atoms with E-state index in [1.807, 2.05) is 18.9 Å². The third-order valence-electron chi connectivity index (χ3n) is 4.39. The van der Waals surface area contributed by atoms with Gasteiger partial charge in [-0.3, -0.25) is 9.48 Å². The first-order chi connectivity index (χ1) is 9.56.